The van der Waals surface area contributed by atoms with Crippen LogP contribution in [0.15, 0.2) is 54.6 Å². The van der Waals surface area contributed by atoms with Gasteiger partial charge in [0.15, 0.2) is 0 Å². The van der Waals surface area contributed by atoms with Crippen molar-refractivity contribution >= 4 is 39.4 Å². The summed E-state index contributed by atoms with van der Waals surface area (Å²) in [5.41, 5.74) is 0.887. The molecule has 0 aliphatic rings. The monoisotopic (exact) mass is 384 g/mol. The summed E-state index contributed by atoms with van der Waals surface area (Å²) in [6.07, 6.45) is -0.929. The van der Waals surface area contributed by atoms with Crippen LogP contribution in [0.5, 0.6) is 0 Å². The quantitative estimate of drug-likeness (QED) is 0.447. The highest BCUT2D eigenvalue weighted by atomic mass is 32.1. The van der Waals surface area contributed by atoms with Crippen LogP contribution in [0.25, 0.3) is 10.1 Å². The number of hydrogen-bond acceptors (Lipinski definition) is 5. The SMILES string of the molecule is O=C(O)NC(Cc1ccccc1)C(=O)NCCNc1nsc2ccccc12. The highest BCUT2D eigenvalue weighted by Gasteiger charge is 2.20. The van der Waals surface area contributed by atoms with Gasteiger partial charge in [0, 0.05) is 24.9 Å². The minimum absolute atomic E-state index is 0.295. The molecule has 1 unspecified atom stereocenters. The number of anilines is 1. The highest BCUT2D eigenvalue weighted by Crippen LogP contribution is 2.25. The summed E-state index contributed by atoms with van der Waals surface area (Å²) >= 11 is 1.42. The van der Waals surface area contributed by atoms with Gasteiger partial charge in [-0.3, -0.25) is 4.79 Å². The minimum atomic E-state index is -1.22. The molecule has 2 aromatic carbocycles. The van der Waals surface area contributed by atoms with E-state index in [4.69, 9.17) is 5.11 Å². The number of rotatable bonds is 8. The van der Waals surface area contributed by atoms with Gasteiger partial charge < -0.3 is 21.1 Å². The van der Waals surface area contributed by atoms with Gasteiger partial charge in [0.25, 0.3) is 0 Å². The summed E-state index contributed by atoms with van der Waals surface area (Å²) in [7, 11) is 0. The molecule has 1 atom stereocenters. The van der Waals surface area contributed by atoms with E-state index in [-0.39, 0.29) is 5.91 Å². The predicted molar refractivity (Wildman–Crippen MR) is 106 cm³/mol. The van der Waals surface area contributed by atoms with E-state index < -0.39 is 12.1 Å². The van der Waals surface area contributed by atoms with Gasteiger partial charge in [0.05, 0.1) is 4.70 Å². The normalized spacial score (nSPS) is 11.7. The van der Waals surface area contributed by atoms with Crippen LogP contribution >= 0.6 is 11.5 Å². The smallest absolute Gasteiger partial charge is 0.405 e. The summed E-state index contributed by atoms with van der Waals surface area (Å²) in [5, 5.41) is 18.3. The molecule has 2 amide bonds. The molecule has 0 aliphatic carbocycles. The van der Waals surface area contributed by atoms with E-state index in [2.05, 4.69) is 20.3 Å². The van der Waals surface area contributed by atoms with E-state index in [0.29, 0.717) is 19.5 Å². The fourth-order valence-corrected chi connectivity index (χ4v) is 3.47. The molecule has 0 saturated heterocycles. The first-order chi connectivity index (χ1) is 13.1. The van der Waals surface area contributed by atoms with E-state index in [1.54, 1.807) is 0 Å². The molecule has 0 spiro atoms. The topological polar surface area (TPSA) is 103 Å². The number of carbonyl (C=O) groups excluding carboxylic acids is 1. The first-order valence-corrected chi connectivity index (χ1v) is 9.30. The molecule has 140 valence electrons. The van der Waals surface area contributed by atoms with Gasteiger partial charge in [-0.1, -0.05) is 42.5 Å². The van der Waals surface area contributed by atoms with E-state index in [1.165, 1.54) is 11.5 Å². The Morgan fingerprint density at radius 1 is 1.04 bits per heavy atom. The summed E-state index contributed by atoms with van der Waals surface area (Å²) in [5.74, 6) is 0.431. The summed E-state index contributed by atoms with van der Waals surface area (Å²) in [6, 6.07) is 16.4. The van der Waals surface area contributed by atoms with Crippen LogP contribution in [-0.2, 0) is 11.2 Å². The number of hydrogen-bond donors (Lipinski definition) is 4. The molecule has 0 radical (unpaired) electrons. The van der Waals surface area contributed by atoms with Crippen molar-refractivity contribution in [3.63, 3.8) is 0 Å². The highest BCUT2D eigenvalue weighted by molar-refractivity contribution is 7.13. The van der Waals surface area contributed by atoms with Gasteiger partial charge in [-0.25, -0.2) is 4.79 Å². The molecule has 3 rings (SSSR count). The van der Waals surface area contributed by atoms with Crippen molar-refractivity contribution in [3.05, 3.63) is 60.2 Å². The van der Waals surface area contributed by atoms with Crippen LogP contribution in [0.1, 0.15) is 5.56 Å². The van der Waals surface area contributed by atoms with Crippen molar-refractivity contribution in [2.24, 2.45) is 0 Å². The third-order valence-corrected chi connectivity index (χ3v) is 4.82. The second-order valence-electron chi connectivity index (χ2n) is 5.94. The maximum Gasteiger partial charge on any atom is 0.405 e. The Morgan fingerprint density at radius 2 is 1.78 bits per heavy atom. The lowest BCUT2D eigenvalue weighted by Gasteiger charge is -2.17. The van der Waals surface area contributed by atoms with Gasteiger partial charge in [-0.2, -0.15) is 4.37 Å². The van der Waals surface area contributed by atoms with Crippen molar-refractivity contribution in [2.75, 3.05) is 18.4 Å². The lowest BCUT2D eigenvalue weighted by atomic mass is 10.1. The third kappa shape index (κ3) is 5.18. The fraction of sp³-hybridized carbons (Fsp3) is 0.211. The number of carbonyl (C=O) groups is 2. The number of carboxylic acid groups (broad SMARTS) is 1. The fourth-order valence-electron chi connectivity index (χ4n) is 2.71. The molecular formula is C19H20N4O3S. The molecule has 8 heteroatoms. The van der Waals surface area contributed by atoms with Gasteiger partial charge in [-0.15, -0.1) is 0 Å². The van der Waals surface area contributed by atoms with E-state index >= 15 is 0 Å². The maximum atomic E-state index is 12.4. The lowest BCUT2D eigenvalue weighted by molar-refractivity contribution is -0.122. The van der Waals surface area contributed by atoms with E-state index in [0.717, 1.165) is 21.5 Å². The first kappa shape index (κ1) is 18.7. The Bertz CT molecular complexity index is 913. The van der Waals surface area contributed by atoms with Crippen LogP contribution in [0.3, 0.4) is 0 Å². The van der Waals surface area contributed by atoms with Gasteiger partial charge in [0.1, 0.15) is 11.9 Å². The molecule has 1 heterocycles. The Balaban J connectivity index is 1.52. The molecule has 0 fully saturated rings. The number of aromatic nitrogens is 1. The molecule has 0 bridgehead atoms. The average molecular weight is 384 g/mol. The number of benzene rings is 2. The van der Waals surface area contributed by atoms with Crippen LogP contribution < -0.4 is 16.0 Å². The second-order valence-corrected chi connectivity index (χ2v) is 6.74. The number of nitrogens with zero attached hydrogens (tertiary/aromatic N) is 1. The van der Waals surface area contributed by atoms with Crippen molar-refractivity contribution in [1.29, 1.82) is 0 Å². The zero-order valence-corrected chi connectivity index (χ0v) is 15.3. The molecular weight excluding hydrogens is 364 g/mol. The lowest BCUT2D eigenvalue weighted by Crippen LogP contribution is -2.48. The molecule has 0 saturated carbocycles. The predicted octanol–water partition coefficient (Wildman–Crippen LogP) is 2.70. The molecule has 0 aliphatic heterocycles. The molecule has 4 N–H and O–H groups in total. The number of fused-ring (bicyclic) bond motifs is 1. The third-order valence-electron chi connectivity index (χ3n) is 3.99. The Labute approximate surface area is 160 Å². The van der Waals surface area contributed by atoms with Gasteiger partial charge >= 0.3 is 6.09 Å². The summed E-state index contributed by atoms with van der Waals surface area (Å²) in [4.78, 5) is 23.4. The molecule has 3 aromatic rings. The van der Waals surface area contributed by atoms with Gasteiger partial charge in [0.2, 0.25) is 5.91 Å². The van der Waals surface area contributed by atoms with E-state index in [9.17, 15) is 9.59 Å². The summed E-state index contributed by atoms with van der Waals surface area (Å²) < 4.78 is 5.47. The Hall–Kier alpha value is -3.13. The standard InChI is InChI=1S/C19H20N4O3S/c24-18(15(22-19(25)26)12-13-6-2-1-3-7-13)21-11-10-20-17-14-8-4-5-9-16(14)27-23-17/h1-9,15,22H,10-12H2,(H,20,23)(H,21,24)(H,25,26). The minimum Gasteiger partial charge on any atom is -0.465 e. The Kier molecular flexibility index (Phi) is 6.22. The zero-order chi connectivity index (χ0) is 19.1. The van der Waals surface area contributed by atoms with Crippen LogP contribution in [0, 0.1) is 0 Å². The molecule has 1 aromatic heterocycles. The average Bonchev–Trinajstić information content (AvgIpc) is 3.08. The zero-order valence-electron chi connectivity index (χ0n) is 14.5. The van der Waals surface area contributed by atoms with Crippen molar-refractivity contribution in [3.8, 4) is 0 Å². The van der Waals surface area contributed by atoms with E-state index in [1.807, 2.05) is 54.6 Å². The van der Waals surface area contributed by atoms with Crippen molar-refractivity contribution in [2.45, 2.75) is 12.5 Å². The summed E-state index contributed by atoms with van der Waals surface area (Å²) in [6.45, 7) is 0.849. The van der Waals surface area contributed by atoms with Crippen LogP contribution in [0.2, 0.25) is 0 Å². The Morgan fingerprint density at radius 3 is 2.56 bits per heavy atom. The second kappa shape index (κ2) is 9.00. The van der Waals surface area contributed by atoms with Crippen molar-refractivity contribution < 1.29 is 14.7 Å². The van der Waals surface area contributed by atoms with Crippen molar-refractivity contribution in [1.82, 2.24) is 15.0 Å². The first-order valence-electron chi connectivity index (χ1n) is 8.53. The molecule has 27 heavy (non-hydrogen) atoms. The molecule has 7 nitrogen and oxygen atoms in total. The van der Waals surface area contributed by atoms with Crippen LogP contribution in [0.4, 0.5) is 10.6 Å². The number of nitrogens with one attached hydrogen (secondary N) is 3. The van der Waals surface area contributed by atoms with Gasteiger partial charge in [-0.05, 0) is 29.2 Å². The maximum absolute atomic E-state index is 12.4. The largest absolute Gasteiger partial charge is 0.465 e. The van der Waals surface area contributed by atoms with Crippen LogP contribution in [-0.4, -0.2) is 40.6 Å². The number of amides is 2.